The fourth-order valence-electron chi connectivity index (χ4n) is 2.08. The Balaban J connectivity index is 2.02. The van der Waals surface area contributed by atoms with Crippen molar-refractivity contribution in [2.45, 2.75) is 6.61 Å². The van der Waals surface area contributed by atoms with Gasteiger partial charge in [-0.15, -0.1) is 0 Å². The summed E-state index contributed by atoms with van der Waals surface area (Å²) in [5.74, 6) is 1.63. The normalized spacial score (nSPS) is 15.5. The topological polar surface area (TPSA) is 68.9 Å². The maximum Gasteiger partial charge on any atom is 0.125 e. The lowest BCUT2D eigenvalue weighted by Crippen LogP contribution is -2.24. The van der Waals surface area contributed by atoms with Crippen molar-refractivity contribution in [3.63, 3.8) is 0 Å². The van der Waals surface area contributed by atoms with Crippen molar-refractivity contribution in [2.24, 2.45) is 10.7 Å². The third kappa shape index (κ3) is 5.02. The van der Waals surface area contributed by atoms with Crippen LogP contribution in [-0.4, -0.2) is 39.2 Å². The Morgan fingerprint density at radius 1 is 1.32 bits per heavy atom. The molecule has 0 saturated carbocycles. The molecule has 0 bridgehead atoms. The van der Waals surface area contributed by atoms with Gasteiger partial charge in [-0.1, -0.05) is 36.4 Å². The van der Waals surface area contributed by atoms with Gasteiger partial charge in [-0.3, -0.25) is 4.99 Å². The molecular formula is C17H23N3O2. The van der Waals surface area contributed by atoms with Gasteiger partial charge in [-0.05, 0) is 11.6 Å². The van der Waals surface area contributed by atoms with Crippen LogP contribution in [0, 0.1) is 0 Å². The summed E-state index contributed by atoms with van der Waals surface area (Å²) >= 11 is 0. The Hall–Kier alpha value is -2.11. The van der Waals surface area contributed by atoms with E-state index in [9.17, 15) is 0 Å². The molecule has 22 heavy (non-hydrogen) atoms. The van der Waals surface area contributed by atoms with Gasteiger partial charge in [0.1, 0.15) is 24.8 Å². The van der Waals surface area contributed by atoms with E-state index in [-0.39, 0.29) is 0 Å². The Morgan fingerprint density at radius 3 is 2.77 bits per heavy atom. The van der Waals surface area contributed by atoms with Crippen LogP contribution in [0.15, 0.2) is 58.8 Å². The maximum absolute atomic E-state index is 5.82. The summed E-state index contributed by atoms with van der Waals surface area (Å²) in [5.41, 5.74) is 7.87. The molecule has 118 valence electrons. The molecule has 2 rings (SSSR count). The van der Waals surface area contributed by atoms with Crippen LogP contribution in [0.5, 0.6) is 0 Å². The average Bonchev–Trinajstić information content (AvgIpc) is 3.08. The standard InChI is InChI=1S/C17H23N3O2/c1-21-13-16(22-12-14-5-3-2-4-6-14)8-7-15(11-18)17-19-9-10-20-17/h2-8H,9-13,18H2,1H3,(H,19,20)/b15-7+,16-8+. The highest BCUT2D eigenvalue weighted by Gasteiger charge is 2.09. The zero-order valence-electron chi connectivity index (χ0n) is 12.9. The SMILES string of the molecule is COC/C(=C\C=C(/CN)C1=NCCN1)OCc1ccccc1. The molecule has 1 aromatic carbocycles. The van der Waals surface area contributed by atoms with Crippen molar-refractivity contribution < 1.29 is 9.47 Å². The van der Waals surface area contributed by atoms with E-state index in [4.69, 9.17) is 15.2 Å². The fourth-order valence-corrected chi connectivity index (χ4v) is 2.08. The van der Waals surface area contributed by atoms with Gasteiger partial charge in [-0.25, -0.2) is 0 Å². The van der Waals surface area contributed by atoms with E-state index in [1.807, 2.05) is 42.5 Å². The van der Waals surface area contributed by atoms with Gasteiger partial charge in [0.25, 0.3) is 0 Å². The van der Waals surface area contributed by atoms with Crippen molar-refractivity contribution in [2.75, 3.05) is 33.4 Å². The second kappa shape index (κ2) is 9.02. The molecule has 0 saturated heterocycles. The molecule has 0 aliphatic carbocycles. The number of hydrogen-bond donors (Lipinski definition) is 2. The highest BCUT2D eigenvalue weighted by Crippen LogP contribution is 2.08. The van der Waals surface area contributed by atoms with E-state index < -0.39 is 0 Å². The largest absolute Gasteiger partial charge is 0.491 e. The van der Waals surface area contributed by atoms with E-state index in [1.54, 1.807) is 7.11 Å². The summed E-state index contributed by atoms with van der Waals surface area (Å²) < 4.78 is 11.0. The maximum atomic E-state index is 5.82. The molecule has 1 aliphatic rings. The molecular weight excluding hydrogens is 278 g/mol. The second-order valence-electron chi connectivity index (χ2n) is 4.89. The van der Waals surface area contributed by atoms with E-state index >= 15 is 0 Å². The lowest BCUT2D eigenvalue weighted by atomic mass is 10.2. The zero-order chi connectivity index (χ0) is 15.6. The molecule has 5 nitrogen and oxygen atoms in total. The lowest BCUT2D eigenvalue weighted by molar-refractivity contribution is 0.123. The van der Waals surface area contributed by atoms with E-state index in [0.29, 0.717) is 19.8 Å². The lowest BCUT2D eigenvalue weighted by Gasteiger charge is -2.10. The number of nitrogens with zero attached hydrogens (tertiary/aromatic N) is 1. The van der Waals surface area contributed by atoms with Gasteiger partial charge in [0.15, 0.2) is 0 Å². The Bertz CT molecular complexity index is 550. The van der Waals surface area contributed by atoms with E-state index in [2.05, 4.69) is 10.3 Å². The Kier molecular flexibility index (Phi) is 6.67. The third-order valence-electron chi connectivity index (χ3n) is 3.22. The van der Waals surface area contributed by atoms with Gasteiger partial charge >= 0.3 is 0 Å². The van der Waals surface area contributed by atoms with Crippen LogP contribution in [0.2, 0.25) is 0 Å². The number of amidine groups is 1. The zero-order valence-corrected chi connectivity index (χ0v) is 12.9. The molecule has 1 aromatic rings. The van der Waals surface area contributed by atoms with Crippen molar-refractivity contribution >= 4 is 5.84 Å². The van der Waals surface area contributed by atoms with Crippen LogP contribution < -0.4 is 11.1 Å². The number of nitrogens with one attached hydrogen (secondary N) is 1. The number of allylic oxidation sites excluding steroid dienone is 2. The summed E-state index contributed by atoms with van der Waals surface area (Å²) in [5, 5.41) is 3.22. The number of aliphatic imine (C=N–C) groups is 1. The van der Waals surface area contributed by atoms with Crippen LogP contribution in [0.1, 0.15) is 5.56 Å². The predicted octanol–water partition coefficient (Wildman–Crippen LogP) is 1.62. The van der Waals surface area contributed by atoms with Crippen molar-refractivity contribution in [1.29, 1.82) is 0 Å². The van der Waals surface area contributed by atoms with Crippen molar-refractivity contribution in [3.05, 3.63) is 59.4 Å². The highest BCUT2D eigenvalue weighted by molar-refractivity contribution is 5.99. The molecule has 0 unspecified atom stereocenters. The van der Waals surface area contributed by atoms with Gasteiger partial charge in [0, 0.05) is 25.8 Å². The molecule has 3 N–H and O–H groups in total. The van der Waals surface area contributed by atoms with Crippen LogP contribution in [0.4, 0.5) is 0 Å². The second-order valence-corrected chi connectivity index (χ2v) is 4.89. The monoisotopic (exact) mass is 301 g/mol. The number of methoxy groups -OCH3 is 1. The number of benzene rings is 1. The molecule has 0 aromatic heterocycles. The first-order valence-corrected chi connectivity index (χ1v) is 7.37. The van der Waals surface area contributed by atoms with Crippen LogP contribution in [-0.2, 0) is 16.1 Å². The Labute approximate surface area is 131 Å². The van der Waals surface area contributed by atoms with Gasteiger partial charge in [0.05, 0.1) is 6.54 Å². The number of nitrogens with two attached hydrogens (primary N) is 1. The molecule has 1 heterocycles. The molecule has 5 heteroatoms. The van der Waals surface area contributed by atoms with Gasteiger partial charge < -0.3 is 20.5 Å². The highest BCUT2D eigenvalue weighted by atomic mass is 16.5. The summed E-state index contributed by atoms with van der Waals surface area (Å²) in [7, 11) is 1.65. The molecule has 0 atom stereocenters. The Morgan fingerprint density at radius 2 is 2.14 bits per heavy atom. The minimum Gasteiger partial charge on any atom is -0.491 e. The summed E-state index contributed by atoms with van der Waals surface area (Å²) in [6.45, 7) is 3.03. The summed E-state index contributed by atoms with van der Waals surface area (Å²) in [6.07, 6.45) is 3.84. The summed E-state index contributed by atoms with van der Waals surface area (Å²) in [4.78, 5) is 4.38. The van der Waals surface area contributed by atoms with Gasteiger partial charge in [0.2, 0.25) is 0 Å². The third-order valence-corrected chi connectivity index (χ3v) is 3.22. The first kappa shape index (κ1) is 16.3. The average molecular weight is 301 g/mol. The minimum atomic E-state index is 0.418. The number of ether oxygens (including phenoxy) is 2. The number of hydrogen-bond acceptors (Lipinski definition) is 5. The molecule has 0 amide bonds. The van der Waals surface area contributed by atoms with Crippen LogP contribution >= 0.6 is 0 Å². The molecule has 1 aliphatic heterocycles. The van der Waals surface area contributed by atoms with Gasteiger partial charge in [-0.2, -0.15) is 0 Å². The quantitative estimate of drug-likeness (QED) is 0.565. The fraction of sp³-hybridized carbons (Fsp3) is 0.353. The molecule has 0 spiro atoms. The van der Waals surface area contributed by atoms with E-state index in [1.165, 1.54) is 0 Å². The number of rotatable bonds is 8. The molecule has 0 radical (unpaired) electrons. The smallest absolute Gasteiger partial charge is 0.125 e. The summed E-state index contributed by atoms with van der Waals surface area (Å²) in [6, 6.07) is 10.0. The molecule has 0 fully saturated rings. The van der Waals surface area contributed by atoms with E-state index in [0.717, 1.165) is 35.8 Å². The van der Waals surface area contributed by atoms with Crippen LogP contribution in [0.3, 0.4) is 0 Å². The first-order valence-electron chi connectivity index (χ1n) is 7.37. The van der Waals surface area contributed by atoms with Crippen molar-refractivity contribution in [1.82, 2.24) is 5.32 Å². The van der Waals surface area contributed by atoms with Crippen LogP contribution in [0.25, 0.3) is 0 Å². The minimum absolute atomic E-state index is 0.418. The predicted molar refractivity (Wildman–Crippen MR) is 88.6 cm³/mol. The van der Waals surface area contributed by atoms with Crippen molar-refractivity contribution in [3.8, 4) is 0 Å². The first-order chi connectivity index (χ1) is 10.8.